The van der Waals surface area contributed by atoms with Crippen molar-refractivity contribution in [2.24, 2.45) is 0 Å². The molecule has 2 aliphatic heterocycles. The molecular weight excluding hydrogens is 729 g/mol. The third-order valence-electron chi connectivity index (χ3n) is 12.0. The van der Waals surface area contributed by atoms with Crippen molar-refractivity contribution in [3.8, 4) is 34.1 Å². The van der Waals surface area contributed by atoms with Crippen molar-refractivity contribution in [3.05, 3.63) is 192 Å². The van der Waals surface area contributed by atoms with Gasteiger partial charge >= 0.3 is 0 Å². The fourth-order valence-corrected chi connectivity index (χ4v) is 10.2. The first-order valence-corrected chi connectivity index (χ1v) is 20.6. The highest BCUT2D eigenvalue weighted by Gasteiger charge is 2.37. The second-order valence-electron chi connectivity index (χ2n) is 15.8. The molecule has 276 valence electrons. The van der Waals surface area contributed by atoms with Crippen LogP contribution in [0, 0.1) is 0 Å². The fraction of sp³-hybridized carbons (Fsp3) is 0.0566. The summed E-state index contributed by atoms with van der Waals surface area (Å²) in [6.45, 7) is 4.71. The Morgan fingerprint density at radius 2 is 0.845 bits per heavy atom. The molecule has 0 unspecified atom stereocenters. The van der Waals surface area contributed by atoms with Crippen LogP contribution in [0.5, 0.6) is 23.0 Å². The van der Waals surface area contributed by atoms with Gasteiger partial charge in [-0.3, -0.25) is 0 Å². The van der Waals surface area contributed by atoms with E-state index >= 15 is 0 Å². The second kappa shape index (κ2) is 12.5. The minimum atomic E-state index is -0.177. The molecule has 0 N–H and O–H groups in total. The Bertz CT molecular complexity index is 3100. The predicted octanol–water partition coefficient (Wildman–Crippen LogP) is 15.7. The molecule has 0 saturated carbocycles. The number of fused-ring (bicyclic) bond motifs is 10. The Labute approximate surface area is 341 Å². The van der Waals surface area contributed by atoms with Crippen molar-refractivity contribution in [2.75, 3.05) is 9.80 Å². The van der Waals surface area contributed by atoms with E-state index in [0.717, 1.165) is 57.1 Å². The molecule has 3 heterocycles. The first kappa shape index (κ1) is 33.1. The molecule has 3 aliphatic rings. The summed E-state index contributed by atoms with van der Waals surface area (Å²) in [4.78, 5) is 4.65. The van der Waals surface area contributed by atoms with Gasteiger partial charge in [-0.25, -0.2) is 0 Å². The van der Waals surface area contributed by atoms with Crippen LogP contribution in [0.2, 0.25) is 0 Å². The van der Waals surface area contributed by atoms with Crippen molar-refractivity contribution in [1.29, 1.82) is 0 Å². The molecule has 0 saturated heterocycles. The zero-order valence-electron chi connectivity index (χ0n) is 31.9. The van der Waals surface area contributed by atoms with E-state index in [1.165, 1.54) is 53.6 Å². The molecule has 0 atom stereocenters. The number of para-hydroxylation sites is 8. The summed E-state index contributed by atoms with van der Waals surface area (Å²) in [5, 5.41) is 2.53. The SMILES string of the molecule is CC1(C)c2cc(C=Cc3ccc4sc5ccc(N6c7ccccc7Oc7ccccc76)cc5c4c3)ccc2-c2ccc(N3c4ccccc4Oc4ccccc43)cc21. The van der Waals surface area contributed by atoms with Gasteiger partial charge in [-0.15, -0.1) is 11.3 Å². The molecule has 58 heavy (non-hydrogen) atoms. The Morgan fingerprint density at radius 3 is 1.41 bits per heavy atom. The molecule has 5 heteroatoms. The maximum Gasteiger partial charge on any atom is 0.151 e. The minimum absolute atomic E-state index is 0.177. The van der Waals surface area contributed by atoms with Crippen LogP contribution in [-0.4, -0.2) is 0 Å². The van der Waals surface area contributed by atoms with Gasteiger partial charge in [-0.05, 0) is 124 Å². The van der Waals surface area contributed by atoms with Crippen LogP contribution in [0.4, 0.5) is 34.1 Å². The molecule has 8 aromatic carbocycles. The van der Waals surface area contributed by atoms with E-state index in [9.17, 15) is 0 Å². The van der Waals surface area contributed by atoms with Crippen molar-refractivity contribution in [1.82, 2.24) is 0 Å². The quantitative estimate of drug-likeness (QED) is 0.167. The molecule has 12 rings (SSSR count). The van der Waals surface area contributed by atoms with Gasteiger partial charge in [0.1, 0.15) is 0 Å². The summed E-state index contributed by atoms with van der Waals surface area (Å²) < 4.78 is 15.2. The monoisotopic (exact) mass is 764 g/mol. The Hall–Kier alpha value is -7.08. The summed E-state index contributed by atoms with van der Waals surface area (Å²) in [5.74, 6) is 3.44. The molecule has 0 bridgehead atoms. The van der Waals surface area contributed by atoms with Crippen molar-refractivity contribution in [2.45, 2.75) is 19.3 Å². The van der Waals surface area contributed by atoms with E-state index in [1.807, 2.05) is 59.9 Å². The molecule has 1 aromatic heterocycles. The lowest BCUT2D eigenvalue weighted by molar-refractivity contribution is 0.476. The summed E-state index contributed by atoms with van der Waals surface area (Å²) in [6, 6.07) is 60.7. The zero-order chi connectivity index (χ0) is 38.5. The number of hydrogen-bond donors (Lipinski definition) is 0. The van der Waals surface area contributed by atoms with Gasteiger partial charge in [-0.2, -0.15) is 0 Å². The standard InChI is InChI=1S/C53H36N2O2S/c1-53(2)41-30-34(21-25-37(41)38-26-23-36(32-42(38)53)55-45-13-5-9-17-49(45)57-50-18-10-6-14-46(50)55)20-19-33-22-27-51-39(29-33)40-31-35(24-28-52(40)58-51)54-43-11-3-7-15-47(43)56-48-16-8-4-12-44(48)54/h3-32H,1-2H3. The number of thiophene rings is 1. The van der Waals surface area contributed by atoms with Gasteiger partial charge in [0.25, 0.3) is 0 Å². The fourth-order valence-electron chi connectivity index (χ4n) is 9.17. The number of nitrogens with zero attached hydrogens (tertiary/aromatic N) is 2. The van der Waals surface area contributed by atoms with Crippen LogP contribution in [0.1, 0.15) is 36.1 Å². The smallest absolute Gasteiger partial charge is 0.151 e. The summed E-state index contributed by atoms with van der Waals surface area (Å²) in [5.41, 5.74) is 13.9. The lowest BCUT2D eigenvalue weighted by atomic mass is 9.81. The van der Waals surface area contributed by atoms with Gasteiger partial charge in [-0.1, -0.05) is 105 Å². The molecule has 9 aromatic rings. The molecule has 0 radical (unpaired) electrons. The Morgan fingerprint density at radius 1 is 0.431 bits per heavy atom. The lowest BCUT2D eigenvalue weighted by Gasteiger charge is -2.33. The average molecular weight is 765 g/mol. The second-order valence-corrected chi connectivity index (χ2v) is 16.9. The van der Waals surface area contributed by atoms with Gasteiger partial charge in [0.2, 0.25) is 0 Å². The Balaban J connectivity index is 0.875. The van der Waals surface area contributed by atoms with Gasteiger partial charge < -0.3 is 19.3 Å². The van der Waals surface area contributed by atoms with Gasteiger partial charge in [0, 0.05) is 37.0 Å². The van der Waals surface area contributed by atoms with E-state index in [-0.39, 0.29) is 5.41 Å². The van der Waals surface area contributed by atoms with Crippen LogP contribution in [0.3, 0.4) is 0 Å². The number of ether oxygens (including phenoxy) is 2. The summed E-state index contributed by atoms with van der Waals surface area (Å²) in [7, 11) is 0. The van der Waals surface area contributed by atoms with Crippen LogP contribution < -0.4 is 19.3 Å². The highest BCUT2D eigenvalue weighted by molar-refractivity contribution is 7.25. The summed E-state index contributed by atoms with van der Waals surface area (Å²) >= 11 is 1.85. The molecule has 1 aliphatic carbocycles. The van der Waals surface area contributed by atoms with E-state index < -0.39 is 0 Å². The van der Waals surface area contributed by atoms with Crippen LogP contribution in [0.25, 0.3) is 43.5 Å². The van der Waals surface area contributed by atoms with Crippen LogP contribution in [-0.2, 0) is 5.41 Å². The Kier molecular flexibility index (Phi) is 7.11. The van der Waals surface area contributed by atoms with Crippen molar-refractivity contribution in [3.63, 3.8) is 0 Å². The van der Waals surface area contributed by atoms with E-state index in [2.05, 4.69) is 157 Å². The maximum atomic E-state index is 6.31. The molecule has 0 fully saturated rings. The highest BCUT2D eigenvalue weighted by atomic mass is 32.1. The van der Waals surface area contributed by atoms with Gasteiger partial charge in [0.15, 0.2) is 23.0 Å². The number of benzene rings is 8. The number of rotatable bonds is 4. The first-order valence-electron chi connectivity index (χ1n) is 19.7. The maximum absolute atomic E-state index is 6.31. The highest BCUT2D eigenvalue weighted by Crippen LogP contribution is 2.55. The largest absolute Gasteiger partial charge is 0.453 e. The van der Waals surface area contributed by atoms with Crippen LogP contribution in [0.15, 0.2) is 170 Å². The topological polar surface area (TPSA) is 24.9 Å². The zero-order valence-corrected chi connectivity index (χ0v) is 32.8. The normalized spacial score (nSPS) is 14.3. The average Bonchev–Trinajstić information content (AvgIpc) is 3.73. The first-order chi connectivity index (χ1) is 28.5. The van der Waals surface area contributed by atoms with E-state index in [0.29, 0.717) is 0 Å². The lowest BCUT2D eigenvalue weighted by Crippen LogP contribution is -2.18. The third-order valence-corrected chi connectivity index (χ3v) is 13.2. The summed E-state index contributed by atoms with van der Waals surface area (Å²) in [6.07, 6.45) is 4.51. The van der Waals surface area contributed by atoms with Crippen molar-refractivity contribution >= 4 is 77.8 Å². The molecule has 0 amide bonds. The predicted molar refractivity (Wildman–Crippen MR) is 242 cm³/mol. The van der Waals surface area contributed by atoms with E-state index in [1.54, 1.807) is 0 Å². The third kappa shape index (κ3) is 5.00. The molecule has 4 nitrogen and oxygen atoms in total. The number of hydrogen-bond acceptors (Lipinski definition) is 5. The minimum Gasteiger partial charge on any atom is -0.453 e. The van der Waals surface area contributed by atoms with E-state index in [4.69, 9.17) is 9.47 Å². The number of anilines is 6. The molecular formula is C53H36N2O2S. The van der Waals surface area contributed by atoms with Gasteiger partial charge in [0.05, 0.1) is 22.7 Å². The molecule has 0 spiro atoms. The van der Waals surface area contributed by atoms with Crippen LogP contribution >= 0.6 is 11.3 Å². The van der Waals surface area contributed by atoms with Crippen molar-refractivity contribution < 1.29 is 9.47 Å².